The number of carbonyl (C=O) groups excluding carboxylic acids is 1. The average Bonchev–Trinajstić information content (AvgIpc) is 2.87. The molecule has 19 heavy (non-hydrogen) atoms. The molecule has 0 spiro atoms. The minimum absolute atomic E-state index is 0.0852. The van der Waals surface area contributed by atoms with Crippen molar-refractivity contribution in [2.24, 2.45) is 0 Å². The van der Waals surface area contributed by atoms with E-state index in [9.17, 15) is 9.90 Å². The van der Waals surface area contributed by atoms with Crippen molar-refractivity contribution in [2.45, 2.75) is 25.0 Å². The van der Waals surface area contributed by atoms with Crippen LogP contribution in [-0.2, 0) is 4.79 Å². The molecular formula is C14H17N3O2. The van der Waals surface area contributed by atoms with Crippen LogP contribution in [0.1, 0.15) is 12.8 Å². The highest BCUT2D eigenvalue weighted by Gasteiger charge is 2.31. The van der Waals surface area contributed by atoms with Gasteiger partial charge in [0.2, 0.25) is 5.91 Å². The molecular weight excluding hydrogens is 242 g/mol. The van der Waals surface area contributed by atoms with E-state index in [1.807, 2.05) is 30.3 Å². The second-order valence-corrected chi connectivity index (χ2v) is 4.58. The molecule has 2 N–H and O–H groups in total. The molecule has 2 unspecified atom stereocenters. The van der Waals surface area contributed by atoms with Gasteiger partial charge in [-0.1, -0.05) is 18.2 Å². The summed E-state index contributed by atoms with van der Waals surface area (Å²) in [4.78, 5) is 14.1. The first-order valence-electron chi connectivity index (χ1n) is 6.37. The van der Waals surface area contributed by atoms with E-state index >= 15 is 0 Å². The molecule has 100 valence electrons. The Morgan fingerprint density at radius 2 is 2.21 bits per heavy atom. The lowest BCUT2D eigenvalue weighted by Gasteiger charge is -2.25. The molecule has 1 aromatic rings. The van der Waals surface area contributed by atoms with Gasteiger partial charge in [-0.3, -0.25) is 4.79 Å². The maximum atomic E-state index is 12.4. The lowest BCUT2D eigenvalue weighted by atomic mass is 10.1. The van der Waals surface area contributed by atoms with Crippen molar-refractivity contribution in [3.8, 4) is 6.07 Å². The van der Waals surface area contributed by atoms with E-state index in [4.69, 9.17) is 5.26 Å². The first kappa shape index (κ1) is 13.5. The second-order valence-electron chi connectivity index (χ2n) is 4.58. The molecule has 1 saturated heterocycles. The standard InChI is InChI=1S/C14H17N3O2/c15-7-4-8-17(11-5-2-1-3-6-11)14(19)13-9-12(18)10-16-13/h1-3,5-6,12-13,16,18H,4,8-10H2. The molecule has 1 amide bonds. The highest BCUT2D eigenvalue weighted by atomic mass is 16.3. The summed E-state index contributed by atoms with van der Waals surface area (Å²) in [5, 5.41) is 21.2. The van der Waals surface area contributed by atoms with Crippen molar-refractivity contribution in [3.63, 3.8) is 0 Å². The highest BCUT2D eigenvalue weighted by Crippen LogP contribution is 2.18. The SMILES string of the molecule is N#CCCN(C(=O)C1CC(O)CN1)c1ccccc1. The number of benzene rings is 1. The number of hydrogen-bond donors (Lipinski definition) is 2. The highest BCUT2D eigenvalue weighted by molar-refractivity contribution is 5.97. The van der Waals surface area contributed by atoms with E-state index < -0.39 is 6.10 Å². The van der Waals surface area contributed by atoms with Crippen LogP contribution < -0.4 is 10.2 Å². The third-order valence-electron chi connectivity index (χ3n) is 3.19. The second kappa shape index (κ2) is 6.32. The van der Waals surface area contributed by atoms with Gasteiger partial charge >= 0.3 is 0 Å². The number of nitriles is 1. The van der Waals surface area contributed by atoms with Gasteiger partial charge in [-0.2, -0.15) is 5.26 Å². The molecule has 0 radical (unpaired) electrons. The maximum Gasteiger partial charge on any atom is 0.244 e. The molecule has 0 bridgehead atoms. The van der Waals surface area contributed by atoms with Crippen LogP contribution in [0.3, 0.4) is 0 Å². The number of anilines is 1. The van der Waals surface area contributed by atoms with Crippen LogP contribution in [-0.4, -0.2) is 36.2 Å². The predicted molar refractivity (Wildman–Crippen MR) is 71.4 cm³/mol. The summed E-state index contributed by atoms with van der Waals surface area (Å²) < 4.78 is 0. The fourth-order valence-corrected chi connectivity index (χ4v) is 2.23. The molecule has 2 rings (SSSR count). The van der Waals surface area contributed by atoms with Gasteiger partial charge in [-0.25, -0.2) is 0 Å². The molecule has 0 aliphatic carbocycles. The van der Waals surface area contributed by atoms with Crippen molar-refractivity contribution >= 4 is 11.6 Å². The van der Waals surface area contributed by atoms with Gasteiger partial charge in [0.25, 0.3) is 0 Å². The summed E-state index contributed by atoms with van der Waals surface area (Å²) >= 11 is 0. The molecule has 1 aliphatic heterocycles. The zero-order chi connectivity index (χ0) is 13.7. The van der Waals surface area contributed by atoms with Crippen molar-refractivity contribution in [3.05, 3.63) is 30.3 Å². The lowest BCUT2D eigenvalue weighted by Crippen LogP contribution is -2.44. The van der Waals surface area contributed by atoms with Crippen LogP contribution in [0, 0.1) is 11.3 Å². The van der Waals surface area contributed by atoms with Crippen molar-refractivity contribution in [1.29, 1.82) is 5.26 Å². The fourth-order valence-electron chi connectivity index (χ4n) is 2.23. The van der Waals surface area contributed by atoms with Gasteiger partial charge in [0.15, 0.2) is 0 Å². The predicted octanol–water partition coefficient (Wildman–Crippen LogP) is 0.656. The Balaban J connectivity index is 2.13. The molecule has 1 aliphatic rings. The number of para-hydroxylation sites is 1. The van der Waals surface area contributed by atoms with Crippen LogP contribution in [0.2, 0.25) is 0 Å². The molecule has 5 heteroatoms. The largest absolute Gasteiger partial charge is 0.392 e. The van der Waals surface area contributed by atoms with E-state index in [0.29, 0.717) is 19.5 Å². The molecule has 0 aromatic heterocycles. The van der Waals surface area contributed by atoms with Crippen LogP contribution in [0.25, 0.3) is 0 Å². The van der Waals surface area contributed by atoms with Gasteiger partial charge in [0.05, 0.1) is 24.6 Å². The summed E-state index contributed by atoms with van der Waals surface area (Å²) in [6.07, 6.45) is 0.243. The first-order valence-corrected chi connectivity index (χ1v) is 6.37. The molecule has 1 heterocycles. The van der Waals surface area contributed by atoms with Crippen molar-refractivity contribution in [2.75, 3.05) is 18.0 Å². The van der Waals surface area contributed by atoms with Crippen molar-refractivity contribution in [1.82, 2.24) is 5.32 Å². The molecule has 0 saturated carbocycles. The van der Waals surface area contributed by atoms with E-state index in [2.05, 4.69) is 11.4 Å². The summed E-state index contributed by atoms with van der Waals surface area (Å²) in [5.74, 6) is -0.0852. The van der Waals surface area contributed by atoms with E-state index in [-0.39, 0.29) is 18.4 Å². The van der Waals surface area contributed by atoms with Crippen LogP contribution in [0.4, 0.5) is 5.69 Å². The van der Waals surface area contributed by atoms with Gasteiger partial charge < -0.3 is 15.3 Å². The zero-order valence-corrected chi connectivity index (χ0v) is 10.6. The maximum absolute atomic E-state index is 12.4. The van der Waals surface area contributed by atoms with Crippen molar-refractivity contribution < 1.29 is 9.90 Å². The fraction of sp³-hybridized carbons (Fsp3) is 0.429. The van der Waals surface area contributed by atoms with Gasteiger partial charge in [-0.15, -0.1) is 0 Å². The Hall–Kier alpha value is -1.90. The van der Waals surface area contributed by atoms with E-state index in [0.717, 1.165) is 5.69 Å². The van der Waals surface area contributed by atoms with Crippen LogP contribution in [0.5, 0.6) is 0 Å². The minimum Gasteiger partial charge on any atom is -0.392 e. The Morgan fingerprint density at radius 1 is 1.47 bits per heavy atom. The summed E-state index contributed by atoms with van der Waals surface area (Å²) in [5.41, 5.74) is 0.783. The van der Waals surface area contributed by atoms with Crippen LogP contribution in [0.15, 0.2) is 30.3 Å². The molecule has 1 fully saturated rings. The Kier molecular flexibility index (Phi) is 4.50. The smallest absolute Gasteiger partial charge is 0.244 e. The monoisotopic (exact) mass is 259 g/mol. The summed E-state index contributed by atoms with van der Waals surface area (Å²) in [6, 6.07) is 11.0. The number of β-amino-alcohol motifs (C(OH)–C–C–N with tert-alkyl or cyclic N) is 1. The number of amides is 1. The van der Waals surface area contributed by atoms with Gasteiger partial charge in [0, 0.05) is 18.8 Å². The lowest BCUT2D eigenvalue weighted by molar-refractivity contribution is -0.120. The number of hydrogen-bond acceptors (Lipinski definition) is 4. The number of nitrogens with zero attached hydrogens (tertiary/aromatic N) is 2. The van der Waals surface area contributed by atoms with Gasteiger partial charge in [-0.05, 0) is 18.6 Å². The average molecular weight is 259 g/mol. The third kappa shape index (κ3) is 3.31. The third-order valence-corrected chi connectivity index (χ3v) is 3.19. The number of aliphatic hydroxyl groups is 1. The molecule has 2 atom stereocenters. The van der Waals surface area contributed by atoms with E-state index in [1.165, 1.54) is 0 Å². The number of aliphatic hydroxyl groups excluding tert-OH is 1. The number of carbonyl (C=O) groups is 1. The quantitative estimate of drug-likeness (QED) is 0.832. The molecule has 1 aromatic carbocycles. The Morgan fingerprint density at radius 3 is 2.79 bits per heavy atom. The Bertz CT molecular complexity index is 469. The topological polar surface area (TPSA) is 76.4 Å². The zero-order valence-electron chi connectivity index (χ0n) is 10.6. The number of rotatable bonds is 4. The van der Waals surface area contributed by atoms with Gasteiger partial charge in [0.1, 0.15) is 0 Å². The minimum atomic E-state index is -0.470. The normalized spacial score (nSPS) is 21.9. The van der Waals surface area contributed by atoms with Crippen LogP contribution >= 0.6 is 0 Å². The summed E-state index contributed by atoms with van der Waals surface area (Å²) in [7, 11) is 0. The Labute approximate surface area is 112 Å². The van der Waals surface area contributed by atoms with E-state index in [1.54, 1.807) is 4.90 Å². The summed E-state index contributed by atoms with van der Waals surface area (Å²) in [6.45, 7) is 0.810. The molecule has 5 nitrogen and oxygen atoms in total. The number of nitrogens with one attached hydrogen (secondary N) is 1. The first-order chi connectivity index (χ1) is 9.22.